The molecular formula is C20H17N3S2. The Labute approximate surface area is 155 Å². The second kappa shape index (κ2) is 7.53. The van der Waals surface area contributed by atoms with Crippen molar-refractivity contribution in [2.45, 2.75) is 13.8 Å². The standard InChI is InChI=1S/C20H17N3S2/c1-3-23(4-2)16-7-5-14(6-8-16)9-17-10-19-20(24-17)11-18(25-19)15(12-21)13-22/h5-11H,3-4H2,1-2H3/b17-9-. The fourth-order valence-corrected chi connectivity index (χ4v) is 5.03. The number of nitrogens with zero attached hydrogens (tertiary/aromatic N) is 3. The average molecular weight is 364 g/mol. The van der Waals surface area contributed by atoms with Gasteiger partial charge < -0.3 is 4.90 Å². The molecule has 0 saturated carbocycles. The predicted octanol–water partition coefficient (Wildman–Crippen LogP) is 3.84. The van der Waals surface area contributed by atoms with E-state index in [0.717, 1.165) is 27.0 Å². The van der Waals surface area contributed by atoms with E-state index in [0.29, 0.717) is 0 Å². The van der Waals surface area contributed by atoms with E-state index in [2.05, 4.69) is 55.2 Å². The molecule has 3 nitrogen and oxygen atoms in total. The monoisotopic (exact) mass is 363 g/mol. The van der Waals surface area contributed by atoms with Crippen LogP contribution in [0.3, 0.4) is 0 Å². The molecule has 2 heterocycles. The molecule has 25 heavy (non-hydrogen) atoms. The van der Waals surface area contributed by atoms with E-state index in [4.69, 9.17) is 10.5 Å². The molecule has 0 aliphatic rings. The Kier molecular flexibility index (Phi) is 5.19. The van der Waals surface area contributed by atoms with Crippen molar-refractivity contribution in [2.24, 2.45) is 0 Å². The summed E-state index contributed by atoms with van der Waals surface area (Å²) in [4.78, 5) is 2.32. The molecule has 3 rings (SSSR count). The SMILES string of the molecule is CCN(CC)c1ccc(/C=c2/cc3sc(=C(C#N)C#N)cc3s2)cc1. The van der Waals surface area contributed by atoms with Crippen LogP contribution >= 0.6 is 22.7 Å². The molecule has 3 aromatic rings. The highest BCUT2D eigenvalue weighted by molar-refractivity contribution is 7.25. The summed E-state index contributed by atoms with van der Waals surface area (Å²) in [7, 11) is 0. The molecule has 0 atom stereocenters. The average Bonchev–Trinajstić information content (AvgIpc) is 3.17. The minimum atomic E-state index is 0.186. The van der Waals surface area contributed by atoms with Crippen molar-refractivity contribution in [2.75, 3.05) is 18.0 Å². The number of benzene rings is 1. The van der Waals surface area contributed by atoms with Gasteiger partial charge in [-0.15, -0.1) is 22.7 Å². The number of hydrogen-bond acceptors (Lipinski definition) is 5. The van der Waals surface area contributed by atoms with Crippen molar-refractivity contribution in [3.63, 3.8) is 0 Å². The first kappa shape index (κ1) is 17.2. The molecule has 124 valence electrons. The van der Waals surface area contributed by atoms with Crippen LogP contribution in [0.15, 0.2) is 36.4 Å². The predicted molar refractivity (Wildman–Crippen MR) is 107 cm³/mol. The third kappa shape index (κ3) is 3.58. The van der Waals surface area contributed by atoms with Crippen LogP contribution in [-0.2, 0) is 0 Å². The topological polar surface area (TPSA) is 50.8 Å². The van der Waals surface area contributed by atoms with Crippen LogP contribution in [0, 0.1) is 22.7 Å². The maximum absolute atomic E-state index is 8.98. The van der Waals surface area contributed by atoms with Crippen LogP contribution in [0.25, 0.3) is 21.0 Å². The Balaban J connectivity index is 1.94. The zero-order valence-electron chi connectivity index (χ0n) is 14.1. The summed E-state index contributed by atoms with van der Waals surface area (Å²) in [5.41, 5.74) is 2.60. The van der Waals surface area contributed by atoms with E-state index in [9.17, 15) is 0 Å². The molecule has 0 saturated heterocycles. The first-order valence-corrected chi connectivity index (χ1v) is 9.72. The van der Waals surface area contributed by atoms with Crippen LogP contribution in [0.5, 0.6) is 0 Å². The van der Waals surface area contributed by atoms with Crippen molar-refractivity contribution in [3.8, 4) is 12.1 Å². The second-order valence-corrected chi connectivity index (χ2v) is 7.69. The van der Waals surface area contributed by atoms with E-state index in [1.54, 1.807) is 11.3 Å². The van der Waals surface area contributed by atoms with Crippen molar-refractivity contribution in [1.29, 1.82) is 10.5 Å². The normalized spacial score (nSPS) is 11.3. The lowest BCUT2D eigenvalue weighted by Crippen LogP contribution is -2.21. The maximum atomic E-state index is 8.98. The summed E-state index contributed by atoms with van der Waals surface area (Å²) in [5.74, 6) is 0. The molecule has 2 aromatic heterocycles. The van der Waals surface area contributed by atoms with E-state index in [1.807, 2.05) is 18.2 Å². The summed E-state index contributed by atoms with van der Waals surface area (Å²) in [6.07, 6.45) is 2.17. The Morgan fingerprint density at radius 3 is 2.20 bits per heavy atom. The van der Waals surface area contributed by atoms with E-state index in [-0.39, 0.29) is 5.57 Å². The van der Waals surface area contributed by atoms with E-state index < -0.39 is 0 Å². The van der Waals surface area contributed by atoms with Crippen molar-refractivity contribution in [3.05, 3.63) is 51.0 Å². The number of anilines is 1. The lowest BCUT2D eigenvalue weighted by Gasteiger charge is -2.20. The molecule has 0 aliphatic carbocycles. The van der Waals surface area contributed by atoms with Gasteiger partial charge in [0, 0.05) is 32.7 Å². The van der Waals surface area contributed by atoms with Gasteiger partial charge in [0.15, 0.2) is 0 Å². The number of hydrogen-bond donors (Lipinski definition) is 0. The van der Waals surface area contributed by atoms with Crippen LogP contribution < -0.4 is 14.0 Å². The Bertz CT molecular complexity index is 1030. The number of thiophene rings is 2. The minimum absolute atomic E-state index is 0.186. The van der Waals surface area contributed by atoms with Gasteiger partial charge in [0.1, 0.15) is 17.7 Å². The molecule has 0 bridgehead atoms. The van der Waals surface area contributed by atoms with Crippen molar-refractivity contribution < 1.29 is 0 Å². The lowest BCUT2D eigenvalue weighted by molar-refractivity contribution is 0.866. The Hall–Kier alpha value is -2.60. The Morgan fingerprint density at radius 2 is 1.64 bits per heavy atom. The molecule has 0 unspecified atom stereocenters. The quantitative estimate of drug-likeness (QED) is 0.708. The highest BCUT2D eigenvalue weighted by Crippen LogP contribution is 2.21. The van der Waals surface area contributed by atoms with E-state index >= 15 is 0 Å². The molecule has 0 amide bonds. The second-order valence-electron chi connectivity index (χ2n) is 5.49. The molecule has 1 aromatic carbocycles. The molecule has 0 aliphatic heterocycles. The Morgan fingerprint density at radius 1 is 1.00 bits per heavy atom. The molecule has 0 spiro atoms. The molecular weight excluding hydrogens is 346 g/mol. The zero-order valence-corrected chi connectivity index (χ0v) is 15.7. The first-order chi connectivity index (χ1) is 12.2. The number of nitriles is 2. The summed E-state index contributed by atoms with van der Waals surface area (Å²) in [6, 6.07) is 16.6. The smallest absolute Gasteiger partial charge is 0.146 e. The third-order valence-corrected chi connectivity index (χ3v) is 6.28. The van der Waals surface area contributed by atoms with Gasteiger partial charge in [-0.05, 0) is 49.8 Å². The summed E-state index contributed by atoms with van der Waals surface area (Å²) >= 11 is 3.18. The van der Waals surface area contributed by atoms with Gasteiger partial charge in [-0.2, -0.15) is 10.5 Å². The van der Waals surface area contributed by atoms with Crippen LogP contribution in [0.1, 0.15) is 19.4 Å². The summed E-state index contributed by atoms with van der Waals surface area (Å²) in [6.45, 7) is 6.34. The van der Waals surface area contributed by atoms with Crippen LogP contribution in [0.4, 0.5) is 5.69 Å². The molecule has 0 N–H and O–H groups in total. The molecule has 0 radical (unpaired) electrons. The van der Waals surface area contributed by atoms with Gasteiger partial charge >= 0.3 is 0 Å². The summed E-state index contributed by atoms with van der Waals surface area (Å²) in [5, 5.41) is 18.0. The summed E-state index contributed by atoms with van der Waals surface area (Å²) < 4.78 is 4.17. The fourth-order valence-electron chi connectivity index (χ4n) is 2.72. The fraction of sp³-hybridized carbons (Fsp3) is 0.200. The third-order valence-electron chi connectivity index (χ3n) is 4.03. The highest BCUT2D eigenvalue weighted by atomic mass is 32.1. The van der Waals surface area contributed by atoms with Gasteiger partial charge in [0.2, 0.25) is 0 Å². The lowest BCUT2D eigenvalue weighted by atomic mass is 10.2. The van der Waals surface area contributed by atoms with E-state index in [1.165, 1.54) is 27.1 Å². The van der Waals surface area contributed by atoms with Gasteiger partial charge in [-0.3, -0.25) is 0 Å². The first-order valence-electron chi connectivity index (χ1n) is 8.09. The van der Waals surface area contributed by atoms with Gasteiger partial charge in [0.05, 0.1) is 4.53 Å². The highest BCUT2D eigenvalue weighted by Gasteiger charge is 2.04. The largest absolute Gasteiger partial charge is 0.372 e. The minimum Gasteiger partial charge on any atom is -0.372 e. The molecule has 0 fully saturated rings. The van der Waals surface area contributed by atoms with Gasteiger partial charge in [0.25, 0.3) is 0 Å². The van der Waals surface area contributed by atoms with Crippen LogP contribution in [-0.4, -0.2) is 13.1 Å². The van der Waals surface area contributed by atoms with Gasteiger partial charge in [-0.1, -0.05) is 12.1 Å². The van der Waals surface area contributed by atoms with Crippen molar-refractivity contribution >= 4 is 49.4 Å². The molecule has 5 heteroatoms. The van der Waals surface area contributed by atoms with Gasteiger partial charge in [-0.25, -0.2) is 0 Å². The number of fused-ring (bicyclic) bond motifs is 1. The van der Waals surface area contributed by atoms with Crippen LogP contribution in [0.2, 0.25) is 0 Å². The number of rotatable bonds is 4. The van der Waals surface area contributed by atoms with Crippen molar-refractivity contribution in [1.82, 2.24) is 0 Å². The zero-order chi connectivity index (χ0) is 17.8. The maximum Gasteiger partial charge on any atom is 0.146 e.